The second-order valence-corrected chi connectivity index (χ2v) is 21.3. The molecule has 0 fully saturated rings. The first-order chi connectivity index (χ1) is 33.9. The summed E-state index contributed by atoms with van der Waals surface area (Å²) in [5.41, 5.74) is 16.1. The second kappa shape index (κ2) is 15.5. The topological polar surface area (TPSA) is 45.9 Å². The summed E-state index contributed by atoms with van der Waals surface area (Å²) >= 11 is 0. The molecule has 0 atom stereocenters. The highest BCUT2D eigenvalue weighted by atomic mass is 16.3. The van der Waals surface area contributed by atoms with E-state index in [9.17, 15) is 0 Å². The normalized spacial score (nSPS) is 13.7. The maximum absolute atomic E-state index is 6.90. The van der Waals surface area contributed by atoms with Crippen LogP contribution in [0, 0.1) is 12.3 Å². The van der Waals surface area contributed by atoms with Gasteiger partial charge in [-0.25, -0.2) is 0 Å². The van der Waals surface area contributed by atoms with Crippen LogP contribution in [-0.4, -0.2) is 0 Å². The van der Waals surface area contributed by atoms with E-state index in [0.29, 0.717) is 0 Å². The lowest BCUT2D eigenvalue weighted by Crippen LogP contribution is -2.20. The number of benzene rings is 9. The van der Waals surface area contributed by atoms with E-state index in [1.807, 2.05) is 12.1 Å². The summed E-state index contributed by atoms with van der Waals surface area (Å²) in [6.45, 7) is 16.0. The lowest BCUT2D eigenvalue weighted by Gasteiger charge is -2.33. The van der Waals surface area contributed by atoms with Crippen molar-refractivity contribution >= 4 is 116 Å². The van der Waals surface area contributed by atoms with Gasteiger partial charge in [0.25, 0.3) is 0 Å². The molecule has 70 heavy (non-hydrogen) atoms. The molecular formula is C65H54N2O3. The van der Waals surface area contributed by atoms with Crippen molar-refractivity contribution in [1.82, 2.24) is 0 Å². The van der Waals surface area contributed by atoms with Crippen molar-refractivity contribution in [3.8, 4) is 0 Å². The number of rotatable bonds is 6. The quantitative estimate of drug-likeness (QED) is 0.166. The van der Waals surface area contributed by atoms with Crippen molar-refractivity contribution < 1.29 is 13.3 Å². The number of fused-ring (bicyclic) bond motifs is 11. The summed E-state index contributed by atoms with van der Waals surface area (Å²) in [7, 11) is 0. The van der Waals surface area contributed by atoms with Crippen LogP contribution in [0.5, 0.6) is 0 Å². The maximum atomic E-state index is 6.90. The monoisotopic (exact) mass is 910 g/mol. The van der Waals surface area contributed by atoms with Crippen molar-refractivity contribution in [2.45, 2.75) is 66.7 Å². The standard InChI is InChI=1S/C65H54N2O3/c1-39-50-38-61-52(36-41(50)23-33-53(39)67(46-31-26-44(27-32-46)65(5,6)7)55-17-13-21-59-63(55)49-15-9-11-19-57(49)69-59)51-35-40-22-28-47(34-42(40)37-60(51)70-61)66(45-29-24-43(25-30-45)64(2,3)4)54-16-12-20-58-62(54)48-14-8-10-18-56(48)68-58/h8-24,26-29,31-38H,25,30H2,1-7H3. The van der Waals surface area contributed by atoms with Gasteiger partial charge in [-0.15, -0.1) is 0 Å². The van der Waals surface area contributed by atoms with Crippen LogP contribution in [0.2, 0.25) is 0 Å². The molecule has 1 aliphatic rings. The highest BCUT2D eigenvalue weighted by molar-refractivity contribution is 6.17. The van der Waals surface area contributed by atoms with E-state index in [2.05, 4.69) is 222 Å². The summed E-state index contributed by atoms with van der Waals surface area (Å²) in [6, 6.07) is 59.1. The Balaban J connectivity index is 0.955. The second-order valence-electron chi connectivity index (χ2n) is 21.3. The fourth-order valence-electron chi connectivity index (χ4n) is 11.1. The molecule has 3 aromatic heterocycles. The minimum Gasteiger partial charge on any atom is -0.456 e. The van der Waals surface area contributed by atoms with Crippen molar-refractivity contribution in [2.75, 3.05) is 9.80 Å². The van der Waals surface area contributed by atoms with E-state index < -0.39 is 0 Å². The first kappa shape index (κ1) is 42.1. The number of hydrogen-bond donors (Lipinski definition) is 0. The van der Waals surface area contributed by atoms with Gasteiger partial charge >= 0.3 is 0 Å². The van der Waals surface area contributed by atoms with Crippen LogP contribution >= 0.6 is 0 Å². The minimum atomic E-state index is 0.0300. The fraction of sp³-hybridized carbons (Fsp3) is 0.169. The van der Waals surface area contributed by atoms with Crippen LogP contribution in [0.3, 0.4) is 0 Å². The Labute approximate surface area is 407 Å². The molecule has 0 aliphatic heterocycles. The Bertz CT molecular complexity index is 4160. The molecule has 5 nitrogen and oxygen atoms in total. The van der Waals surface area contributed by atoms with Crippen molar-refractivity contribution in [3.63, 3.8) is 0 Å². The minimum absolute atomic E-state index is 0.0300. The smallest absolute Gasteiger partial charge is 0.137 e. The molecule has 0 saturated heterocycles. The first-order valence-corrected chi connectivity index (χ1v) is 24.6. The molecule has 0 bridgehead atoms. The number of anilines is 5. The van der Waals surface area contributed by atoms with E-state index in [0.717, 1.165) is 118 Å². The van der Waals surface area contributed by atoms with Gasteiger partial charge in [0.1, 0.15) is 33.5 Å². The highest BCUT2D eigenvalue weighted by Crippen LogP contribution is 2.48. The summed E-state index contributed by atoms with van der Waals surface area (Å²) in [4.78, 5) is 4.86. The Morgan fingerprint density at radius 2 is 0.957 bits per heavy atom. The molecule has 3 heterocycles. The lowest BCUT2D eigenvalue weighted by molar-refractivity contribution is 0.479. The molecule has 5 heteroatoms. The molecule has 0 spiro atoms. The van der Waals surface area contributed by atoms with Crippen LogP contribution in [0.25, 0.3) is 87.4 Å². The molecule has 0 saturated carbocycles. The van der Waals surface area contributed by atoms with E-state index in [-0.39, 0.29) is 10.8 Å². The number of furan rings is 3. The van der Waals surface area contributed by atoms with Gasteiger partial charge in [-0.3, -0.25) is 0 Å². The maximum Gasteiger partial charge on any atom is 0.137 e. The average Bonchev–Trinajstić information content (AvgIpc) is 4.05. The van der Waals surface area contributed by atoms with Crippen molar-refractivity contribution in [1.29, 1.82) is 0 Å². The fourth-order valence-corrected chi connectivity index (χ4v) is 11.1. The number of nitrogens with zero attached hydrogens (tertiary/aromatic N) is 2. The Morgan fingerprint density at radius 1 is 0.386 bits per heavy atom. The first-order valence-electron chi connectivity index (χ1n) is 24.6. The third kappa shape index (κ3) is 6.74. The van der Waals surface area contributed by atoms with E-state index in [4.69, 9.17) is 13.3 Å². The third-order valence-electron chi connectivity index (χ3n) is 14.9. The Kier molecular flexibility index (Phi) is 9.32. The van der Waals surface area contributed by atoms with Gasteiger partial charge in [0, 0.05) is 44.3 Å². The Hall–Kier alpha value is -8.02. The van der Waals surface area contributed by atoms with Crippen LogP contribution in [-0.2, 0) is 5.41 Å². The van der Waals surface area contributed by atoms with Gasteiger partial charge in [-0.1, -0.05) is 126 Å². The molecule has 342 valence electrons. The summed E-state index contributed by atoms with van der Waals surface area (Å²) in [6.07, 6.45) is 6.62. The van der Waals surface area contributed by atoms with Gasteiger partial charge in [-0.05, 0) is 160 Å². The SMILES string of the molecule is Cc1c(N(c2ccc(C(C)(C)C)cc2)c2cccc3oc4ccccc4c23)ccc2cc3c(cc12)oc1cc2cc(N(C4=CC=C(C(C)(C)C)CC4)c4cccc5oc6ccccc6c45)ccc2cc13. The van der Waals surface area contributed by atoms with Gasteiger partial charge in [0.15, 0.2) is 0 Å². The van der Waals surface area contributed by atoms with Crippen molar-refractivity contribution in [2.24, 2.45) is 5.41 Å². The number of allylic oxidation sites excluding steroid dienone is 4. The molecule has 9 aromatic carbocycles. The number of para-hydroxylation sites is 2. The number of aryl methyl sites for hydroxylation is 1. The van der Waals surface area contributed by atoms with E-state index >= 15 is 0 Å². The largest absolute Gasteiger partial charge is 0.456 e. The van der Waals surface area contributed by atoms with E-state index in [1.54, 1.807) is 0 Å². The highest BCUT2D eigenvalue weighted by Gasteiger charge is 2.27. The number of hydrogen-bond acceptors (Lipinski definition) is 5. The van der Waals surface area contributed by atoms with Crippen LogP contribution < -0.4 is 9.80 Å². The summed E-state index contributed by atoms with van der Waals surface area (Å²) in [5.74, 6) is 0. The van der Waals surface area contributed by atoms with Gasteiger partial charge in [0.2, 0.25) is 0 Å². The van der Waals surface area contributed by atoms with Crippen LogP contribution in [0.15, 0.2) is 200 Å². The van der Waals surface area contributed by atoms with Gasteiger partial charge < -0.3 is 23.1 Å². The zero-order valence-corrected chi connectivity index (χ0v) is 40.8. The zero-order valence-electron chi connectivity index (χ0n) is 40.8. The van der Waals surface area contributed by atoms with Gasteiger partial charge in [0.05, 0.1) is 22.1 Å². The molecule has 1 aliphatic carbocycles. The molecule has 0 radical (unpaired) electrons. The molecule has 12 aromatic rings. The summed E-state index contributed by atoms with van der Waals surface area (Å²) in [5, 5.41) is 11.3. The predicted molar refractivity (Wildman–Crippen MR) is 295 cm³/mol. The predicted octanol–water partition coefficient (Wildman–Crippen LogP) is 19.6. The van der Waals surface area contributed by atoms with Crippen molar-refractivity contribution in [3.05, 3.63) is 198 Å². The molecule has 0 N–H and O–H groups in total. The average molecular weight is 911 g/mol. The molecule has 13 rings (SSSR count). The molecule has 0 unspecified atom stereocenters. The summed E-state index contributed by atoms with van der Waals surface area (Å²) < 4.78 is 19.8. The van der Waals surface area contributed by atoms with Crippen LogP contribution in [0.4, 0.5) is 28.4 Å². The third-order valence-corrected chi connectivity index (χ3v) is 14.9. The lowest BCUT2D eigenvalue weighted by atomic mass is 9.81. The zero-order chi connectivity index (χ0) is 47.6. The molecule has 0 amide bonds. The van der Waals surface area contributed by atoms with E-state index in [1.165, 1.54) is 33.2 Å². The van der Waals surface area contributed by atoms with Crippen LogP contribution in [0.1, 0.15) is 65.5 Å². The van der Waals surface area contributed by atoms with Gasteiger partial charge in [-0.2, -0.15) is 0 Å². The molecular weight excluding hydrogens is 857 g/mol. The Morgan fingerprint density at radius 3 is 1.59 bits per heavy atom.